The van der Waals surface area contributed by atoms with Gasteiger partial charge in [-0.15, -0.1) is 0 Å². The Labute approximate surface area is 261 Å². The van der Waals surface area contributed by atoms with Gasteiger partial charge in [0.05, 0.1) is 0 Å². The predicted octanol–water partition coefficient (Wildman–Crippen LogP) is 0.205. The van der Waals surface area contributed by atoms with Crippen molar-refractivity contribution in [3.63, 3.8) is 0 Å². The summed E-state index contributed by atoms with van der Waals surface area (Å²) in [5.41, 5.74) is 14.9. The summed E-state index contributed by atoms with van der Waals surface area (Å²) < 4.78 is 1.50. The maximum Gasteiger partial charge on any atom is -1.00 e. The van der Waals surface area contributed by atoms with Crippen LogP contribution in [0.25, 0.3) is 0 Å². The second kappa shape index (κ2) is 14.4. The molecule has 4 rings (SSSR count). The molecule has 1 aliphatic rings. The molecule has 0 amide bonds. The van der Waals surface area contributed by atoms with Crippen LogP contribution in [0, 0.1) is 41.5 Å². The number of hydrogen-bond donors (Lipinski definition) is 0. The summed E-state index contributed by atoms with van der Waals surface area (Å²) in [7, 11) is 0. The van der Waals surface area contributed by atoms with E-state index < -0.39 is 0 Å². The van der Waals surface area contributed by atoms with Crippen LogP contribution >= 0.6 is 0 Å². The van der Waals surface area contributed by atoms with Gasteiger partial charge in [-0.1, -0.05) is 0 Å². The predicted molar refractivity (Wildman–Crippen MR) is 147 cm³/mol. The number of aryl methyl sites for hydroxylation is 6. The van der Waals surface area contributed by atoms with E-state index in [0.29, 0.717) is 0 Å². The average molecular weight is 602 g/mol. The Kier molecular flexibility index (Phi) is 13.2. The normalized spacial score (nSPS) is 12.9. The molecule has 0 unspecified atom stereocenters. The van der Waals surface area contributed by atoms with Crippen LogP contribution in [0.3, 0.4) is 0 Å². The number of allylic oxidation sites excluding steroid dienone is 4. The molecule has 0 nitrogen and oxygen atoms in total. The first-order valence-corrected chi connectivity index (χ1v) is 13.8. The number of rotatable bonds is 7. The van der Waals surface area contributed by atoms with Gasteiger partial charge < -0.3 is 37.2 Å². The van der Waals surface area contributed by atoms with Crippen LogP contribution in [0.4, 0.5) is 0 Å². The summed E-state index contributed by atoms with van der Waals surface area (Å²) in [5.74, 6) is 0. The minimum Gasteiger partial charge on any atom is -1.00 e. The maximum atomic E-state index is 2.52. The number of hydrogen-bond acceptors (Lipinski definition) is 0. The Hall–Kier alpha value is -1.28. The zero-order valence-electron chi connectivity index (χ0n) is 23.7. The fraction of sp³-hybridized carbons (Fsp3) is 0.353. The third-order valence-corrected chi connectivity index (χ3v) is 8.36. The van der Waals surface area contributed by atoms with Gasteiger partial charge in [0, 0.05) is 0 Å². The summed E-state index contributed by atoms with van der Waals surface area (Å²) >= 11 is 2.38. The van der Waals surface area contributed by atoms with Crippen LogP contribution in [0.15, 0.2) is 75.7 Å². The Morgan fingerprint density at radius 3 is 1.26 bits per heavy atom. The molecular weight excluding hydrogens is 563 g/mol. The molecule has 0 heterocycles. The van der Waals surface area contributed by atoms with E-state index in [2.05, 4.69) is 130 Å². The monoisotopic (exact) mass is 600 g/mol. The molecule has 0 radical (unpaired) electrons. The van der Waals surface area contributed by atoms with E-state index in [4.69, 9.17) is 0 Å². The molecule has 0 atom stereocenters. The van der Waals surface area contributed by atoms with E-state index >= 15 is 0 Å². The van der Waals surface area contributed by atoms with E-state index in [1.165, 1.54) is 73.2 Å². The quantitative estimate of drug-likeness (QED) is 0.268. The maximum absolute atomic E-state index is 2.52. The SMILES string of the molecule is CCCCC1=CCC(C(c2cc(C)cc(C)c2)(c2cc(C)cc(C)c2)c2cc(C)cc(C)c2)=[C]1[Ti+3].[Cl-].[Cl-].[Cl-]. The Morgan fingerprint density at radius 1 is 0.605 bits per heavy atom. The fourth-order valence-electron chi connectivity index (χ4n) is 6.15. The molecule has 0 spiro atoms. The average Bonchev–Trinajstić information content (AvgIpc) is 3.11. The van der Waals surface area contributed by atoms with Gasteiger partial charge in [-0.25, -0.2) is 0 Å². The van der Waals surface area contributed by atoms with Crippen molar-refractivity contribution >= 4 is 0 Å². The Morgan fingerprint density at radius 2 is 0.947 bits per heavy atom. The molecule has 0 saturated carbocycles. The third-order valence-electron chi connectivity index (χ3n) is 7.39. The van der Waals surface area contributed by atoms with Crippen molar-refractivity contribution in [2.24, 2.45) is 0 Å². The number of unbranched alkanes of at least 4 members (excludes halogenated alkanes) is 1. The van der Waals surface area contributed by atoms with E-state index in [9.17, 15) is 0 Å². The first-order valence-electron chi connectivity index (χ1n) is 13.1. The van der Waals surface area contributed by atoms with E-state index in [0.717, 1.165) is 6.42 Å². The van der Waals surface area contributed by atoms with E-state index in [1.54, 1.807) is 11.1 Å². The molecule has 3 aromatic carbocycles. The van der Waals surface area contributed by atoms with Gasteiger partial charge >= 0.3 is 226 Å². The molecule has 0 aromatic heterocycles. The van der Waals surface area contributed by atoms with E-state index in [1.807, 2.05) is 0 Å². The second-order valence-corrected chi connectivity index (χ2v) is 11.6. The first-order chi connectivity index (χ1) is 16.6. The Balaban J connectivity index is 0.00000241. The standard InChI is InChI=1S/C34H39.3ClH.Ti/c1-8-9-10-29-11-12-30(22-29)34(31-16-23(2)13-24(3)17-31,32-18-25(4)14-26(5)19-32)33-20-27(6)15-28(7)21-33;;;;/h11,13-21H,8-10,12H2,1-7H3;3*1H;/q;;;;+3/p-3. The zero-order chi connectivity index (χ0) is 25.3. The van der Waals surface area contributed by atoms with Crippen LogP contribution in [0.5, 0.6) is 0 Å². The van der Waals surface area contributed by atoms with Crippen molar-refractivity contribution in [2.75, 3.05) is 0 Å². The summed E-state index contributed by atoms with van der Waals surface area (Å²) in [4.78, 5) is 0. The number of benzene rings is 3. The van der Waals surface area contributed by atoms with E-state index in [-0.39, 0.29) is 42.6 Å². The van der Waals surface area contributed by atoms with Gasteiger partial charge in [-0.05, 0) is 0 Å². The van der Waals surface area contributed by atoms with Crippen LogP contribution in [0.1, 0.15) is 82.7 Å². The van der Waals surface area contributed by atoms with Crippen molar-refractivity contribution in [3.05, 3.63) is 126 Å². The molecule has 1 aliphatic carbocycles. The zero-order valence-corrected chi connectivity index (χ0v) is 27.6. The molecule has 0 N–H and O–H groups in total. The Bertz CT molecular complexity index is 1150. The minimum atomic E-state index is -0.321. The van der Waals surface area contributed by atoms with Crippen molar-refractivity contribution in [1.29, 1.82) is 0 Å². The fourth-order valence-corrected chi connectivity index (χ4v) is 6.96. The summed E-state index contributed by atoms with van der Waals surface area (Å²) in [6.07, 6.45) is 7.19. The first kappa shape index (κ1) is 34.8. The van der Waals surface area contributed by atoms with Crippen molar-refractivity contribution in [2.45, 2.75) is 79.6 Å². The van der Waals surface area contributed by atoms with Crippen LogP contribution in [-0.4, -0.2) is 0 Å². The second-order valence-electron chi connectivity index (χ2n) is 10.8. The van der Waals surface area contributed by atoms with Crippen molar-refractivity contribution in [1.82, 2.24) is 0 Å². The molecule has 4 heteroatoms. The van der Waals surface area contributed by atoms with Gasteiger partial charge in [0.15, 0.2) is 0 Å². The molecule has 200 valence electrons. The topological polar surface area (TPSA) is 0 Å². The van der Waals surface area contributed by atoms with Crippen LogP contribution in [-0.2, 0) is 25.9 Å². The van der Waals surface area contributed by atoms with Gasteiger partial charge in [0.2, 0.25) is 0 Å². The van der Waals surface area contributed by atoms with Gasteiger partial charge in [-0.3, -0.25) is 0 Å². The molecule has 0 bridgehead atoms. The van der Waals surface area contributed by atoms with Gasteiger partial charge in [0.25, 0.3) is 0 Å². The molecule has 0 fully saturated rings. The molecule has 0 saturated heterocycles. The van der Waals surface area contributed by atoms with Crippen LogP contribution in [0.2, 0.25) is 0 Å². The van der Waals surface area contributed by atoms with Crippen molar-refractivity contribution in [3.8, 4) is 0 Å². The van der Waals surface area contributed by atoms with Crippen LogP contribution < -0.4 is 37.2 Å². The molecular formula is C34H39Cl3Ti. The third kappa shape index (κ3) is 6.89. The largest absolute Gasteiger partial charge is 1.00 e. The van der Waals surface area contributed by atoms with Gasteiger partial charge in [0.1, 0.15) is 0 Å². The number of halogens is 3. The minimum absolute atomic E-state index is 0. The molecule has 38 heavy (non-hydrogen) atoms. The smallest absolute Gasteiger partial charge is 1.00 e. The summed E-state index contributed by atoms with van der Waals surface area (Å²) in [6.45, 7) is 15.7. The molecule has 3 aromatic rings. The van der Waals surface area contributed by atoms with Gasteiger partial charge in [-0.2, -0.15) is 0 Å². The summed E-state index contributed by atoms with van der Waals surface area (Å²) in [6, 6.07) is 21.5. The summed E-state index contributed by atoms with van der Waals surface area (Å²) in [5, 5.41) is 0. The van der Waals surface area contributed by atoms with Crippen molar-refractivity contribution < 1.29 is 57.7 Å². The molecule has 0 aliphatic heterocycles.